The van der Waals surface area contributed by atoms with E-state index in [1.54, 1.807) is 18.1 Å². The van der Waals surface area contributed by atoms with Gasteiger partial charge >= 0.3 is 0 Å². The molecule has 1 saturated carbocycles. The number of benzene rings is 1. The molecule has 1 fully saturated rings. The predicted molar refractivity (Wildman–Crippen MR) is 62.7 cm³/mol. The number of amides is 1. The van der Waals surface area contributed by atoms with E-state index in [4.69, 9.17) is 4.74 Å². The Kier molecular flexibility index (Phi) is 3.13. The molecule has 86 valence electrons. The van der Waals surface area contributed by atoms with E-state index < -0.39 is 0 Å². The van der Waals surface area contributed by atoms with Gasteiger partial charge in [-0.25, -0.2) is 0 Å². The van der Waals surface area contributed by atoms with Gasteiger partial charge in [-0.2, -0.15) is 0 Å². The Hall–Kier alpha value is -1.51. The highest BCUT2D eigenvalue weighted by Gasteiger charge is 2.25. The largest absolute Gasteiger partial charge is 0.497 e. The Bertz CT molecular complexity index is 385. The highest BCUT2D eigenvalue weighted by Crippen LogP contribution is 2.29. The van der Waals surface area contributed by atoms with E-state index in [0.717, 1.165) is 18.2 Å². The molecule has 0 atom stereocenters. The predicted octanol–water partition coefficient (Wildman–Crippen LogP) is 2.18. The third-order valence-corrected chi connectivity index (χ3v) is 2.89. The van der Waals surface area contributed by atoms with Gasteiger partial charge < -0.3 is 9.64 Å². The van der Waals surface area contributed by atoms with Crippen LogP contribution in [-0.2, 0) is 0 Å². The van der Waals surface area contributed by atoms with Crippen molar-refractivity contribution in [2.45, 2.75) is 12.8 Å². The van der Waals surface area contributed by atoms with E-state index in [0.29, 0.717) is 5.56 Å². The van der Waals surface area contributed by atoms with Gasteiger partial charge in [-0.15, -0.1) is 0 Å². The topological polar surface area (TPSA) is 29.5 Å². The Morgan fingerprint density at radius 3 is 2.88 bits per heavy atom. The summed E-state index contributed by atoms with van der Waals surface area (Å²) in [5, 5.41) is 0. The zero-order valence-electron chi connectivity index (χ0n) is 9.77. The highest BCUT2D eigenvalue weighted by molar-refractivity contribution is 5.94. The molecule has 0 bridgehead atoms. The van der Waals surface area contributed by atoms with Crippen LogP contribution < -0.4 is 4.74 Å². The molecule has 1 aliphatic rings. The SMILES string of the molecule is COc1cccc(C(=O)N(C)CC2CC2)c1. The lowest BCUT2D eigenvalue weighted by Gasteiger charge is -2.17. The van der Waals surface area contributed by atoms with Gasteiger partial charge in [0.15, 0.2) is 0 Å². The number of carbonyl (C=O) groups is 1. The maximum Gasteiger partial charge on any atom is 0.253 e. The molecular weight excluding hydrogens is 202 g/mol. The van der Waals surface area contributed by atoms with Gasteiger partial charge in [0.05, 0.1) is 7.11 Å². The molecule has 1 amide bonds. The van der Waals surface area contributed by atoms with Gasteiger partial charge in [0.25, 0.3) is 5.91 Å². The summed E-state index contributed by atoms with van der Waals surface area (Å²) in [6, 6.07) is 7.30. The molecule has 1 aliphatic carbocycles. The molecule has 0 aliphatic heterocycles. The maximum absolute atomic E-state index is 12.0. The number of rotatable bonds is 4. The molecule has 0 spiro atoms. The van der Waals surface area contributed by atoms with Crippen LogP contribution >= 0.6 is 0 Å². The molecule has 0 unspecified atom stereocenters. The summed E-state index contributed by atoms with van der Waals surface area (Å²) >= 11 is 0. The monoisotopic (exact) mass is 219 g/mol. The number of ether oxygens (including phenoxy) is 1. The van der Waals surface area contributed by atoms with Crippen LogP contribution in [0.3, 0.4) is 0 Å². The van der Waals surface area contributed by atoms with Gasteiger partial charge in [-0.1, -0.05) is 6.07 Å². The number of nitrogens with zero attached hydrogens (tertiary/aromatic N) is 1. The second-order valence-corrected chi connectivity index (χ2v) is 4.36. The van der Waals surface area contributed by atoms with Crippen LogP contribution in [0.15, 0.2) is 24.3 Å². The third kappa shape index (κ3) is 2.54. The Balaban J connectivity index is 2.06. The second-order valence-electron chi connectivity index (χ2n) is 4.36. The van der Waals surface area contributed by atoms with Crippen LogP contribution in [0.4, 0.5) is 0 Å². The van der Waals surface area contributed by atoms with Crippen molar-refractivity contribution in [1.29, 1.82) is 0 Å². The molecule has 0 radical (unpaired) electrons. The molecule has 1 aromatic rings. The van der Waals surface area contributed by atoms with Crippen molar-refractivity contribution in [3.8, 4) is 5.75 Å². The first-order valence-corrected chi connectivity index (χ1v) is 5.60. The molecule has 1 aromatic carbocycles. The van der Waals surface area contributed by atoms with E-state index in [9.17, 15) is 4.79 Å². The quantitative estimate of drug-likeness (QED) is 0.776. The minimum Gasteiger partial charge on any atom is -0.497 e. The normalized spacial score (nSPS) is 14.6. The van der Waals surface area contributed by atoms with E-state index in [1.807, 2.05) is 25.2 Å². The zero-order chi connectivity index (χ0) is 11.5. The van der Waals surface area contributed by atoms with Crippen LogP contribution in [0.1, 0.15) is 23.2 Å². The number of hydrogen-bond acceptors (Lipinski definition) is 2. The number of methoxy groups -OCH3 is 1. The fourth-order valence-corrected chi connectivity index (χ4v) is 1.75. The van der Waals surface area contributed by atoms with Crippen molar-refractivity contribution in [3.05, 3.63) is 29.8 Å². The lowest BCUT2D eigenvalue weighted by atomic mass is 10.2. The Morgan fingerprint density at radius 2 is 2.25 bits per heavy atom. The van der Waals surface area contributed by atoms with Gasteiger partial charge in [0.1, 0.15) is 5.75 Å². The molecule has 0 N–H and O–H groups in total. The van der Waals surface area contributed by atoms with Gasteiger partial charge in [0, 0.05) is 19.2 Å². The van der Waals surface area contributed by atoms with Crippen LogP contribution in [0.5, 0.6) is 5.75 Å². The van der Waals surface area contributed by atoms with E-state index in [2.05, 4.69) is 0 Å². The molecule has 3 nitrogen and oxygen atoms in total. The van der Waals surface area contributed by atoms with Crippen LogP contribution in [0.25, 0.3) is 0 Å². The first kappa shape index (κ1) is 11.0. The third-order valence-electron chi connectivity index (χ3n) is 2.89. The summed E-state index contributed by atoms with van der Waals surface area (Å²) < 4.78 is 5.11. The smallest absolute Gasteiger partial charge is 0.253 e. The molecule has 16 heavy (non-hydrogen) atoms. The van der Waals surface area contributed by atoms with Crippen LogP contribution in [-0.4, -0.2) is 31.5 Å². The first-order chi connectivity index (χ1) is 7.70. The number of carbonyl (C=O) groups excluding carboxylic acids is 1. The lowest BCUT2D eigenvalue weighted by Crippen LogP contribution is -2.28. The minimum atomic E-state index is 0.0748. The zero-order valence-corrected chi connectivity index (χ0v) is 9.77. The van der Waals surface area contributed by atoms with Crippen molar-refractivity contribution >= 4 is 5.91 Å². The molecular formula is C13H17NO2. The molecule has 0 saturated heterocycles. The van der Waals surface area contributed by atoms with E-state index in [-0.39, 0.29) is 5.91 Å². The van der Waals surface area contributed by atoms with Gasteiger partial charge in [-0.05, 0) is 37.0 Å². The summed E-state index contributed by atoms with van der Waals surface area (Å²) in [6.07, 6.45) is 2.52. The molecule has 2 rings (SSSR count). The fraction of sp³-hybridized carbons (Fsp3) is 0.462. The van der Waals surface area contributed by atoms with Crippen molar-refractivity contribution in [1.82, 2.24) is 4.90 Å². The van der Waals surface area contributed by atoms with Crippen LogP contribution in [0, 0.1) is 5.92 Å². The van der Waals surface area contributed by atoms with Crippen molar-refractivity contribution in [2.75, 3.05) is 20.7 Å². The summed E-state index contributed by atoms with van der Waals surface area (Å²) in [5.74, 6) is 1.52. The van der Waals surface area contributed by atoms with Gasteiger partial charge in [-0.3, -0.25) is 4.79 Å². The summed E-state index contributed by atoms with van der Waals surface area (Å²) in [4.78, 5) is 13.8. The molecule has 0 heterocycles. The highest BCUT2D eigenvalue weighted by atomic mass is 16.5. The van der Waals surface area contributed by atoms with Crippen molar-refractivity contribution in [2.24, 2.45) is 5.92 Å². The lowest BCUT2D eigenvalue weighted by molar-refractivity contribution is 0.0788. The first-order valence-electron chi connectivity index (χ1n) is 5.60. The summed E-state index contributed by atoms with van der Waals surface area (Å²) in [6.45, 7) is 0.871. The van der Waals surface area contributed by atoms with Crippen LogP contribution in [0.2, 0.25) is 0 Å². The van der Waals surface area contributed by atoms with Crippen molar-refractivity contribution in [3.63, 3.8) is 0 Å². The Labute approximate surface area is 96.0 Å². The molecule has 0 aromatic heterocycles. The summed E-state index contributed by atoms with van der Waals surface area (Å²) in [7, 11) is 3.47. The summed E-state index contributed by atoms with van der Waals surface area (Å²) in [5.41, 5.74) is 0.697. The average Bonchev–Trinajstić information content (AvgIpc) is 3.12. The minimum absolute atomic E-state index is 0.0748. The second kappa shape index (κ2) is 4.56. The fourth-order valence-electron chi connectivity index (χ4n) is 1.75. The maximum atomic E-state index is 12.0. The standard InChI is InChI=1S/C13H17NO2/c1-14(9-10-6-7-10)13(15)11-4-3-5-12(8-11)16-2/h3-5,8,10H,6-7,9H2,1-2H3. The average molecular weight is 219 g/mol. The van der Waals surface area contributed by atoms with E-state index >= 15 is 0 Å². The van der Waals surface area contributed by atoms with Gasteiger partial charge in [0.2, 0.25) is 0 Å². The Morgan fingerprint density at radius 1 is 1.50 bits per heavy atom. The molecule has 3 heteroatoms. The number of hydrogen-bond donors (Lipinski definition) is 0. The van der Waals surface area contributed by atoms with E-state index in [1.165, 1.54) is 12.8 Å². The van der Waals surface area contributed by atoms with Crippen molar-refractivity contribution < 1.29 is 9.53 Å².